The minimum atomic E-state index is -0.794. The first kappa shape index (κ1) is 24.5. The fourth-order valence-corrected chi connectivity index (χ4v) is 3.18. The highest BCUT2D eigenvalue weighted by Gasteiger charge is 2.15. The van der Waals surface area contributed by atoms with E-state index >= 15 is 0 Å². The summed E-state index contributed by atoms with van der Waals surface area (Å²) in [5, 5.41) is 4.48. The van der Waals surface area contributed by atoms with Gasteiger partial charge < -0.3 is 14.2 Å². The van der Waals surface area contributed by atoms with Gasteiger partial charge in [-0.05, 0) is 65.8 Å². The molecule has 3 aromatic carbocycles. The molecule has 0 spiro atoms. The monoisotopic (exact) mass is 479 g/mol. The summed E-state index contributed by atoms with van der Waals surface area (Å²) in [5.41, 5.74) is 5.65. The molecule has 3 aromatic rings. The highest BCUT2D eigenvalue weighted by Crippen LogP contribution is 2.28. The van der Waals surface area contributed by atoms with Crippen LogP contribution in [0.5, 0.6) is 17.2 Å². The maximum Gasteiger partial charge on any atom is 0.279 e. The Labute approximate surface area is 202 Å². The van der Waals surface area contributed by atoms with Crippen LogP contribution < -0.4 is 30.4 Å². The van der Waals surface area contributed by atoms with E-state index < -0.39 is 17.9 Å². The Hall–Kier alpha value is -4.11. The summed E-state index contributed by atoms with van der Waals surface area (Å²) in [6.45, 7) is 1.61. The second-order valence-electron chi connectivity index (χ2n) is 7.15. The lowest BCUT2D eigenvalue weighted by atomic mass is 10.1. The summed E-state index contributed by atoms with van der Waals surface area (Å²) in [4.78, 5) is 24.4. The Bertz CT molecular complexity index is 1230. The highest BCUT2D eigenvalue weighted by molar-refractivity contribution is 7.80. The molecule has 1 unspecified atom stereocenters. The molecule has 3 N–H and O–H groups in total. The molecule has 1 atom stereocenters. The zero-order valence-corrected chi connectivity index (χ0v) is 19.8. The first-order valence-electron chi connectivity index (χ1n) is 10.4. The summed E-state index contributed by atoms with van der Waals surface area (Å²) in [7, 11) is 3.08. The molecule has 0 saturated heterocycles. The maximum absolute atomic E-state index is 12.3. The number of amides is 2. The van der Waals surface area contributed by atoms with Crippen molar-refractivity contribution in [3.05, 3.63) is 72.3 Å². The molecule has 0 aliphatic carbocycles. The van der Waals surface area contributed by atoms with Gasteiger partial charge in [0.05, 0.1) is 14.2 Å². The van der Waals surface area contributed by atoms with E-state index in [2.05, 4.69) is 16.2 Å². The van der Waals surface area contributed by atoms with Gasteiger partial charge >= 0.3 is 0 Å². The number of carbonyl (C=O) groups is 2. The van der Waals surface area contributed by atoms with E-state index in [1.807, 2.05) is 36.4 Å². The smallest absolute Gasteiger partial charge is 0.279 e. The first-order valence-corrected chi connectivity index (χ1v) is 10.8. The van der Waals surface area contributed by atoms with Crippen molar-refractivity contribution < 1.29 is 23.8 Å². The number of rotatable bonds is 7. The van der Waals surface area contributed by atoms with Crippen molar-refractivity contribution >= 4 is 46.0 Å². The Morgan fingerprint density at radius 3 is 2.38 bits per heavy atom. The Kier molecular flexibility index (Phi) is 8.42. The van der Waals surface area contributed by atoms with Crippen LogP contribution in [0.1, 0.15) is 12.5 Å². The normalized spacial score (nSPS) is 11.5. The molecule has 0 aliphatic heterocycles. The summed E-state index contributed by atoms with van der Waals surface area (Å²) in [5.74, 6) is 0.777. The summed E-state index contributed by atoms with van der Waals surface area (Å²) in [6.07, 6.45) is 2.11. The number of nitrogens with one attached hydrogen (secondary N) is 3. The van der Waals surface area contributed by atoms with Gasteiger partial charge in [-0.15, -0.1) is 0 Å². The quantitative estimate of drug-likeness (QED) is 0.272. The van der Waals surface area contributed by atoms with Crippen LogP contribution in [-0.2, 0) is 9.59 Å². The Balaban J connectivity index is 1.46. The van der Waals surface area contributed by atoms with Gasteiger partial charge in [0.2, 0.25) is 5.91 Å². The van der Waals surface area contributed by atoms with Crippen LogP contribution in [-0.4, -0.2) is 37.3 Å². The number of thiocarbonyl (C=S) groups is 1. The van der Waals surface area contributed by atoms with Gasteiger partial charge in [-0.1, -0.05) is 36.4 Å². The average molecular weight is 480 g/mol. The number of ether oxygens (including phenoxy) is 3. The van der Waals surface area contributed by atoms with E-state index in [-0.39, 0.29) is 5.11 Å². The largest absolute Gasteiger partial charge is 0.493 e. The van der Waals surface area contributed by atoms with Crippen molar-refractivity contribution in [2.75, 3.05) is 14.2 Å². The predicted molar refractivity (Wildman–Crippen MR) is 135 cm³/mol. The number of benzene rings is 3. The second-order valence-corrected chi connectivity index (χ2v) is 7.56. The number of carbonyl (C=O) groups excluding carboxylic acids is 2. The molecule has 0 radical (unpaired) electrons. The van der Waals surface area contributed by atoms with Crippen LogP contribution in [0.2, 0.25) is 0 Å². The van der Waals surface area contributed by atoms with Crippen molar-refractivity contribution in [1.82, 2.24) is 16.2 Å². The number of hydrogen-bond donors (Lipinski definition) is 3. The van der Waals surface area contributed by atoms with Crippen LogP contribution >= 0.6 is 12.2 Å². The standard InChI is InChI=1S/C25H25N3O5S/c1-16(33-20-11-10-18-6-4-5-7-19(18)15-20)24(30)27-28-25(34)26-23(29)13-9-17-8-12-21(31-2)22(14-17)32-3/h4-16H,1-3H3,(H,27,30)(H2,26,28,29,34)/b13-9+. The first-order chi connectivity index (χ1) is 16.4. The van der Waals surface area contributed by atoms with Crippen LogP contribution in [0.15, 0.2) is 66.7 Å². The zero-order valence-electron chi connectivity index (χ0n) is 19.0. The fourth-order valence-electron chi connectivity index (χ4n) is 3.03. The van der Waals surface area contributed by atoms with Crippen molar-refractivity contribution in [3.63, 3.8) is 0 Å². The van der Waals surface area contributed by atoms with Crippen LogP contribution in [0.4, 0.5) is 0 Å². The Morgan fingerprint density at radius 1 is 0.912 bits per heavy atom. The van der Waals surface area contributed by atoms with Gasteiger partial charge in [0, 0.05) is 6.08 Å². The molecule has 176 valence electrons. The molecule has 0 aromatic heterocycles. The molecule has 2 amide bonds. The molecule has 34 heavy (non-hydrogen) atoms. The molecule has 3 rings (SSSR count). The molecule has 9 heteroatoms. The van der Waals surface area contributed by atoms with Crippen LogP contribution in [0.25, 0.3) is 16.8 Å². The second kappa shape index (κ2) is 11.7. The van der Waals surface area contributed by atoms with E-state index in [0.717, 1.165) is 16.3 Å². The van der Waals surface area contributed by atoms with Crippen molar-refractivity contribution in [3.8, 4) is 17.2 Å². The summed E-state index contributed by atoms with van der Waals surface area (Å²) in [6, 6.07) is 18.7. The molecule has 0 bridgehead atoms. The van der Waals surface area contributed by atoms with E-state index in [9.17, 15) is 9.59 Å². The van der Waals surface area contributed by atoms with E-state index in [1.54, 1.807) is 44.4 Å². The lowest BCUT2D eigenvalue weighted by Gasteiger charge is -2.16. The number of hydrazine groups is 1. The van der Waals surface area contributed by atoms with Gasteiger partial charge in [0.1, 0.15) is 5.75 Å². The van der Waals surface area contributed by atoms with Crippen molar-refractivity contribution in [2.45, 2.75) is 13.0 Å². The number of fused-ring (bicyclic) bond motifs is 1. The molecule has 0 fully saturated rings. The van der Waals surface area contributed by atoms with Crippen LogP contribution in [0.3, 0.4) is 0 Å². The van der Waals surface area contributed by atoms with E-state index in [1.165, 1.54) is 13.2 Å². The van der Waals surface area contributed by atoms with Gasteiger partial charge in [-0.3, -0.25) is 25.8 Å². The third-order valence-corrected chi connectivity index (χ3v) is 4.98. The minimum Gasteiger partial charge on any atom is -0.493 e. The van der Waals surface area contributed by atoms with Gasteiger partial charge in [0.15, 0.2) is 22.7 Å². The predicted octanol–water partition coefficient (Wildman–Crippen LogP) is 3.36. The lowest BCUT2D eigenvalue weighted by Crippen LogP contribution is -2.51. The third kappa shape index (κ3) is 6.69. The lowest BCUT2D eigenvalue weighted by molar-refractivity contribution is -0.128. The maximum atomic E-state index is 12.3. The van der Waals surface area contributed by atoms with E-state index in [0.29, 0.717) is 17.2 Å². The third-order valence-electron chi connectivity index (χ3n) is 4.77. The van der Waals surface area contributed by atoms with Crippen LogP contribution in [0, 0.1) is 0 Å². The summed E-state index contributed by atoms with van der Waals surface area (Å²) >= 11 is 5.05. The molecule has 0 aliphatic rings. The molecular weight excluding hydrogens is 454 g/mol. The van der Waals surface area contributed by atoms with Gasteiger partial charge in [-0.2, -0.15) is 0 Å². The van der Waals surface area contributed by atoms with Gasteiger partial charge in [0.25, 0.3) is 5.91 Å². The van der Waals surface area contributed by atoms with Crippen molar-refractivity contribution in [1.29, 1.82) is 0 Å². The van der Waals surface area contributed by atoms with Gasteiger partial charge in [-0.25, -0.2) is 0 Å². The topological polar surface area (TPSA) is 97.9 Å². The van der Waals surface area contributed by atoms with E-state index in [4.69, 9.17) is 26.4 Å². The number of methoxy groups -OCH3 is 2. The van der Waals surface area contributed by atoms with Crippen molar-refractivity contribution in [2.24, 2.45) is 0 Å². The zero-order chi connectivity index (χ0) is 24.5. The average Bonchev–Trinajstić information content (AvgIpc) is 2.85. The minimum absolute atomic E-state index is 0.0618. The number of hydrogen-bond acceptors (Lipinski definition) is 6. The molecule has 0 heterocycles. The SMILES string of the molecule is COc1ccc(/C=C/C(=O)NC(=S)NNC(=O)C(C)Oc2ccc3ccccc3c2)cc1OC. The molecule has 0 saturated carbocycles. The summed E-state index contributed by atoms with van der Waals surface area (Å²) < 4.78 is 16.1. The molecule has 8 nitrogen and oxygen atoms in total. The highest BCUT2D eigenvalue weighted by atomic mass is 32.1. The Morgan fingerprint density at radius 2 is 1.65 bits per heavy atom. The fraction of sp³-hybridized carbons (Fsp3) is 0.160. The molecular formula is C25H25N3O5S.